The zero-order valence-corrected chi connectivity index (χ0v) is 15.8. The van der Waals surface area contributed by atoms with E-state index >= 15 is 0 Å². The normalized spacial score (nSPS) is 33.9. The van der Waals surface area contributed by atoms with Crippen molar-refractivity contribution in [1.29, 1.82) is 0 Å². The molecule has 0 radical (unpaired) electrons. The third-order valence-electron chi connectivity index (χ3n) is 7.21. The number of rotatable bonds is 3. The summed E-state index contributed by atoms with van der Waals surface area (Å²) in [6.45, 7) is 2.46. The molecule has 3 fully saturated rings. The Morgan fingerprint density at radius 2 is 2.12 bits per heavy atom. The van der Waals surface area contributed by atoms with Crippen LogP contribution in [0.3, 0.4) is 0 Å². The van der Waals surface area contributed by atoms with Crippen molar-refractivity contribution >= 4 is 18.2 Å². The molecule has 2 saturated carbocycles. The molecule has 4 aliphatic rings. The number of ketones is 1. The fourth-order valence-electron chi connectivity index (χ4n) is 5.87. The highest BCUT2D eigenvalue weighted by Gasteiger charge is 2.55. The maximum absolute atomic E-state index is 12.4. The van der Waals surface area contributed by atoms with Crippen molar-refractivity contribution in [2.75, 3.05) is 20.2 Å². The van der Waals surface area contributed by atoms with Crippen LogP contribution in [-0.2, 0) is 16.6 Å². The first-order valence-electron chi connectivity index (χ1n) is 9.63. The van der Waals surface area contributed by atoms with Crippen molar-refractivity contribution in [3.05, 3.63) is 29.3 Å². The SMILES string of the molecule is COc1ccc2c(c1)C13CCN(CC4CC4)C(C2)[C@H]1CCC(=O)C3.Cl. The van der Waals surface area contributed by atoms with Crippen LogP contribution >= 0.6 is 12.4 Å². The summed E-state index contributed by atoms with van der Waals surface area (Å²) < 4.78 is 5.51. The fourth-order valence-corrected chi connectivity index (χ4v) is 5.87. The number of carbonyl (C=O) groups is 1. The molecule has 4 heteroatoms. The van der Waals surface area contributed by atoms with Crippen molar-refractivity contribution in [1.82, 2.24) is 4.90 Å². The van der Waals surface area contributed by atoms with Gasteiger partial charge in [-0.05, 0) is 73.7 Å². The van der Waals surface area contributed by atoms with Crippen molar-refractivity contribution < 1.29 is 9.53 Å². The molecule has 0 N–H and O–H groups in total. The molecular weight excluding hydrogens is 334 g/mol. The minimum Gasteiger partial charge on any atom is -0.497 e. The van der Waals surface area contributed by atoms with E-state index in [0.29, 0.717) is 17.7 Å². The number of ether oxygens (including phenoxy) is 1. The Kier molecular flexibility index (Phi) is 4.36. The van der Waals surface area contributed by atoms with Crippen LogP contribution in [0.5, 0.6) is 5.75 Å². The van der Waals surface area contributed by atoms with Crippen LogP contribution in [0.2, 0.25) is 0 Å². The number of hydrogen-bond acceptors (Lipinski definition) is 3. The highest BCUT2D eigenvalue weighted by Crippen LogP contribution is 2.55. The van der Waals surface area contributed by atoms with E-state index in [4.69, 9.17) is 4.74 Å². The smallest absolute Gasteiger partial charge is 0.133 e. The quantitative estimate of drug-likeness (QED) is 0.820. The van der Waals surface area contributed by atoms with Crippen LogP contribution in [0.1, 0.15) is 49.7 Å². The van der Waals surface area contributed by atoms with Crippen molar-refractivity contribution in [3.63, 3.8) is 0 Å². The number of fused-ring (bicyclic) bond motifs is 1. The van der Waals surface area contributed by atoms with Crippen LogP contribution in [0.15, 0.2) is 18.2 Å². The molecule has 0 aromatic heterocycles. The highest BCUT2D eigenvalue weighted by atomic mass is 35.5. The van der Waals surface area contributed by atoms with E-state index in [0.717, 1.165) is 43.8 Å². The number of methoxy groups -OCH3 is 1. The molecular formula is C21H28ClNO2. The van der Waals surface area contributed by atoms with Crippen LogP contribution in [0.25, 0.3) is 0 Å². The van der Waals surface area contributed by atoms with Crippen LogP contribution in [0, 0.1) is 11.8 Å². The van der Waals surface area contributed by atoms with Gasteiger partial charge in [0.2, 0.25) is 0 Å². The summed E-state index contributed by atoms with van der Waals surface area (Å²) in [4.78, 5) is 15.2. The number of halogens is 1. The first-order chi connectivity index (χ1) is 11.7. The average Bonchev–Trinajstić information content (AvgIpc) is 3.41. The van der Waals surface area contributed by atoms with Crippen LogP contribution in [-0.4, -0.2) is 36.9 Å². The first-order valence-corrected chi connectivity index (χ1v) is 9.63. The zero-order valence-electron chi connectivity index (χ0n) is 15.0. The molecule has 0 amide bonds. The summed E-state index contributed by atoms with van der Waals surface area (Å²) in [6.07, 6.45) is 7.78. The zero-order chi connectivity index (χ0) is 16.3. The molecule has 1 aliphatic heterocycles. The van der Waals surface area contributed by atoms with Crippen molar-refractivity contribution in [2.45, 2.75) is 56.4 Å². The standard InChI is InChI=1S/C21H27NO2.ClH/c1-24-17-6-4-15-10-20-18-7-5-16(23)12-21(18,19(15)11-17)8-9-22(20)13-14-2-3-14;/h4,6,11,14,18,20H,2-3,5,7-10,12-13H2,1H3;1H/t18-,20?,21?;/m1./s1. The predicted octanol–water partition coefficient (Wildman–Crippen LogP) is 3.76. The first kappa shape index (κ1) is 17.4. The predicted molar refractivity (Wildman–Crippen MR) is 101 cm³/mol. The third kappa shape index (κ3) is 2.71. The topological polar surface area (TPSA) is 29.5 Å². The number of hydrogen-bond donors (Lipinski definition) is 0. The summed E-state index contributed by atoms with van der Waals surface area (Å²) in [5.41, 5.74) is 2.98. The van der Waals surface area contributed by atoms with E-state index in [1.54, 1.807) is 7.11 Å². The fraction of sp³-hybridized carbons (Fsp3) is 0.667. The minimum atomic E-state index is 0. The van der Waals surface area contributed by atoms with Gasteiger partial charge in [0.15, 0.2) is 0 Å². The third-order valence-corrected chi connectivity index (χ3v) is 7.21. The maximum atomic E-state index is 12.4. The van der Waals surface area contributed by atoms with Gasteiger partial charge in [-0.1, -0.05) is 6.07 Å². The summed E-state index contributed by atoms with van der Waals surface area (Å²) in [5, 5.41) is 0. The van der Waals surface area contributed by atoms with Gasteiger partial charge in [0.25, 0.3) is 0 Å². The van der Waals surface area contributed by atoms with Gasteiger partial charge in [0.1, 0.15) is 11.5 Å². The van der Waals surface area contributed by atoms with E-state index in [2.05, 4.69) is 23.1 Å². The molecule has 2 bridgehead atoms. The summed E-state index contributed by atoms with van der Waals surface area (Å²) >= 11 is 0. The van der Waals surface area contributed by atoms with Gasteiger partial charge in [-0.2, -0.15) is 0 Å². The monoisotopic (exact) mass is 361 g/mol. The van der Waals surface area contributed by atoms with Gasteiger partial charge in [-0.25, -0.2) is 0 Å². The van der Waals surface area contributed by atoms with E-state index in [-0.39, 0.29) is 17.8 Å². The Morgan fingerprint density at radius 1 is 1.28 bits per heavy atom. The number of Topliss-reactive ketones (excluding diaryl/α,β-unsaturated/α-hetero) is 1. The van der Waals surface area contributed by atoms with Crippen LogP contribution < -0.4 is 4.74 Å². The second kappa shape index (κ2) is 6.28. The summed E-state index contributed by atoms with van der Waals surface area (Å²) in [5.74, 6) is 3.01. The number of likely N-dealkylation sites (tertiary alicyclic amines) is 1. The average molecular weight is 362 g/mol. The molecule has 1 aromatic carbocycles. The Labute approximate surface area is 156 Å². The van der Waals surface area contributed by atoms with Gasteiger partial charge >= 0.3 is 0 Å². The lowest BCUT2D eigenvalue weighted by Gasteiger charge is -2.58. The van der Waals surface area contributed by atoms with Crippen LogP contribution in [0.4, 0.5) is 0 Å². The molecule has 2 unspecified atom stereocenters. The van der Waals surface area contributed by atoms with Gasteiger partial charge in [0.05, 0.1) is 7.11 Å². The molecule has 3 nitrogen and oxygen atoms in total. The van der Waals surface area contributed by atoms with Crippen molar-refractivity contribution in [3.8, 4) is 5.75 Å². The largest absolute Gasteiger partial charge is 0.497 e. The second-order valence-corrected chi connectivity index (χ2v) is 8.50. The molecule has 1 aromatic rings. The van der Waals surface area contributed by atoms with Gasteiger partial charge < -0.3 is 4.74 Å². The van der Waals surface area contributed by atoms with Crippen molar-refractivity contribution in [2.24, 2.45) is 11.8 Å². The van der Waals surface area contributed by atoms with E-state index in [1.807, 2.05) is 0 Å². The Bertz CT molecular complexity index is 686. The molecule has 3 aliphatic carbocycles. The van der Waals surface area contributed by atoms with E-state index < -0.39 is 0 Å². The summed E-state index contributed by atoms with van der Waals surface area (Å²) in [6, 6.07) is 7.25. The molecule has 3 atom stereocenters. The Hall–Kier alpha value is -1.06. The Balaban J connectivity index is 0.00000157. The van der Waals surface area contributed by atoms with Gasteiger partial charge in [0, 0.05) is 30.8 Å². The van der Waals surface area contributed by atoms with E-state index in [9.17, 15) is 4.79 Å². The van der Waals surface area contributed by atoms with E-state index in [1.165, 1.54) is 37.1 Å². The molecule has 25 heavy (non-hydrogen) atoms. The number of piperidine rings is 1. The second-order valence-electron chi connectivity index (χ2n) is 8.50. The highest BCUT2D eigenvalue weighted by molar-refractivity contribution is 5.85. The molecule has 5 rings (SSSR count). The van der Waals surface area contributed by atoms with Gasteiger partial charge in [-0.15, -0.1) is 12.4 Å². The van der Waals surface area contributed by atoms with Gasteiger partial charge in [-0.3, -0.25) is 9.69 Å². The molecule has 136 valence electrons. The lowest BCUT2D eigenvalue weighted by molar-refractivity contribution is -0.127. The lowest BCUT2D eigenvalue weighted by atomic mass is 9.52. The maximum Gasteiger partial charge on any atom is 0.133 e. The lowest BCUT2D eigenvalue weighted by Crippen LogP contribution is -2.62. The molecule has 1 heterocycles. The summed E-state index contributed by atoms with van der Waals surface area (Å²) in [7, 11) is 1.74. The molecule has 0 spiro atoms. The Morgan fingerprint density at radius 3 is 2.88 bits per heavy atom. The number of nitrogens with zero attached hydrogens (tertiary/aromatic N) is 1. The minimum absolute atomic E-state index is 0. The number of benzene rings is 1. The molecule has 1 saturated heterocycles. The number of carbonyl (C=O) groups excluding carboxylic acids is 1.